The van der Waals surface area contributed by atoms with Crippen LogP contribution in [0.4, 0.5) is 19.0 Å². The van der Waals surface area contributed by atoms with Gasteiger partial charge < -0.3 is 15.4 Å². The Morgan fingerprint density at radius 3 is 2.64 bits per heavy atom. The average molecular weight is 479 g/mol. The predicted octanol–water partition coefficient (Wildman–Crippen LogP) is 4.41. The van der Waals surface area contributed by atoms with E-state index in [9.17, 15) is 22.8 Å². The number of anilines is 1. The quantitative estimate of drug-likeness (QED) is 0.569. The summed E-state index contributed by atoms with van der Waals surface area (Å²) >= 11 is 6.32. The summed E-state index contributed by atoms with van der Waals surface area (Å²) in [7, 11) is 0. The second kappa shape index (κ2) is 8.78. The summed E-state index contributed by atoms with van der Waals surface area (Å²) in [5.41, 5.74) is 1.19. The van der Waals surface area contributed by atoms with Gasteiger partial charge in [0.15, 0.2) is 5.82 Å². The van der Waals surface area contributed by atoms with Crippen LogP contribution in [0.1, 0.15) is 6.92 Å². The van der Waals surface area contributed by atoms with Crippen LogP contribution in [0.3, 0.4) is 0 Å². The van der Waals surface area contributed by atoms with E-state index in [4.69, 9.17) is 11.6 Å². The number of nitrogens with zero attached hydrogens (tertiary/aromatic N) is 2. The first kappa shape index (κ1) is 22.7. The third kappa shape index (κ3) is 4.95. The smallest absolute Gasteiger partial charge is 0.406 e. The first-order chi connectivity index (χ1) is 15.6. The molecule has 2 amide bonds. The van der Waals surface area contributed by atoms with Gasteiger partial charge in [0.05, 0.1) is 22.3 Å². The normalized spacial score (nSPS) is 18.2. The van der Waals surface area contributed by atoms with Gasteiger partial charge in [0.2, 0.25) is 11.8 Å². The maximum absolute atomic E-state index is 12.7. The van der Waals surface area contributed by atoms with Crippen molar-refractivity contribution in [1.82, 2.24) is 15.1 Å². The van der Waals surface area contributed by atoms with Crippen LogP contribution >= 0.6 is 11.6 Å². The van der Waals surface area contributed by atoms with Crippen molar-refractivity contribution in [2.24, 2.45) is 11.8 Å². The van der Waals surface area contributed by atoms with Crippen LogP contribution < -0.4 is 15.4 Å². The highest BCUT2D eigenvalue weighted by molar-refractivity contribution is 6.32. The Hall–Kier alpha value is -3.53. The number of aromatic nitrogens is 2. The lowest BCUT2D eigenvalue weighted by Gasteiger charge is -2.12. The first-order valence-corrected chi connectivity index (χ1v) is 10.3. The summed E-state index contributed by atoms with van der Waals surface area (Å²) in [5.74, 6) is -1.92. The molecule has 0 saturated carbocycles. The summed E-state index contributed by atoms with van der Waals surface area (Å²) in [5, 5.41) is 10.1. The van der Waals surface area contributed by atoms with Gasteiger partial charge in [-0.2, -0.15) is 0 Å². The van der Waals surface area contributed by atoms with Gasteiger partial charge in [0.1, 0.15) is 5.75 Å². The Morgan fingerprint density at radius 2 is 1.97 bits per heavy atom. The minimum Gasteiger partial charge on any atom is -0.406 e. The molecule has 1 aliphatic rings. The molecule has 33 heavy (non-hydrogen) atoms. The number of halogens is 4. The molecule has 4 rings (SSSR count). The number of para-hydroxylation sites is 1. The van der Waals surface area contributed by atoms with Crippen molar-refractivity contribution in [3.05, 3.63) is 59.6 Å². The Labute approximate surface area is 191 Å². The van der Waals surface area contributed by atoms with Crippen molar-refractivity contribution >= 4 is 29.2 Å². The molecule has 11 heteroatoms. The van der Waals surface area contributed by atoms with Crippen LogP contribution in [-0.2, 0) is 9.59 Å². The molecule has 0 bridgehead atoms. The van der Waals surface area contributed by atoms with Crippen molar-refractivity contribution < 1.29 is 27.5 Å². The molecule has 1 aliphatic heterocycles. The topological polar surface area (TPSA) is 85.3 Å². The number of carbonyl (C=O) groups is 2. The van der Waals surface area contributed by atoms with Crippen molar-refractivity contribution in [2.45, 2.75) is 13.3 Å². The molecule has 0 spiro atoms. The lowest BCUT2D eigenvalue weighted by Crippen LogP contribution is -2.28. The molecule has 1 saturated heterocycles. The maximum atomic E-state index is 12.7. The molecular formula is C22H18ClF3N4O3. The molecule has 0 unspecified atom stereocenters. The number of alkyl halides is 3. The molecule has 1 fully saturated rings. The number of nitrogens with one attached hydrogen (secondary N) is 2. The zero-order chi connectivity index (χ0) is 23.8. The van der Waals surface area contributed by atoms with Crippen molar-refractivity contribution in [3.8, 4) is 22.7 Å². The SMILES string of the molecule is C[C@H]1C(=O)NC[C@@H]1C(=O)Nc1cc(-c2cccc(OC(F)(F)F)c2)n(-c2ccccc2Cl)n1. The molecule has 2 heterocycles. The largest absolute Gasteiger partial charge is 0.573 e. The first-order valence-electron chi connectivity index (χ1n) is 9.92. The van der Waals surface area contributed by atoms with Crippen LogP contribution in [0.15, 0.2) is 54.6 Å². The van der Waals surface area contributed by atoms with Crippen LogP contribution in [0.25, 0.3) is 16.9 Å². The Bertz CT molecular complexity index is 1210. The van der Waals surface area contributed by atoms with Crippen LogP contribution in [0.2, 0.25) is 5.02 Å². The van der Waals surface area contributed by atoms with E-state index in [1.165, 1.54) is 28.9 Å². The third-order valence-corrected chi connectivity index (χ3v) is 5.57. The fraction of sp³-hybridized carbons (Fsp3) is 0.227. The van der Waals surface area contributed by atoms with Gasteiger partial charge >= 0.3 is 6.36 Å². The maximum Gasteiger partial charge on any atom is 0.573 e. The molecule has 172 valence electrons. The number of benzene rings is 2. The zero-order valence-electron chi connectivity index (χ0n) is 17.2. The summed E-state index contributed by atoms with van der Waals surface area (Å²) in [6, 6.07) is 13.7. The lowest BCUT2D eigenvalue weighted by molar-refractivity contribution is -0.274. The minimum absolute atomic E-state index is 0.156. The number of amides is 2. The highest BCUT2D eigenvalue weighted by Crippen LogP contribution is 2.33. The Morgan fingerprint density at radius 1 is 1.21 bits per heavy atom. The van der Waals surface area contributed by atoms with Gasteiger partial charge in [0, 0.05) is 24.1 Å². The van der Waals surface area contributed by atoms with E-state index >= 15 is 0 Å². The molecule has 2 atom stereocenters. The van der Waals surface area contributed by atoms with Gasteiger partial charge in [0.25, 0.3) is 0 Å². The number of hydrogen-bond acceptors (Lipinski definition) is 4. The van der Waals surface area contributed by atoms with E-state index in [0.29, 0.717) is 22.0 Å². The molecule has 0 radical (unpaired) electrons. The van der Waals surface area contributed by atoms with E-state index in [1.54, 1.807) is 37.3 Å². The summed E-state index contributed by atoms with van der Waals surface area (Å²) in [4.78, 5) is 24.4. The summed E-state index contributed by atoms with van der Waals surface area (Å²) in [6.45, 7) is 1.87. The molecule has 3 aromatic rings. The fourth-order valence-corrected chi connectivity index (χ4v) is 3.79. The summed E-state index contributed by atoms with van der Waals surface area (Å²) in [6.07, 6.45) is -4.84. The monoisotopic (exact) mass is 478 g/mol. The van der Waals surface area contributed by atoms with Crippen molar-refractivity contribution in [2.75, 3.05) is 11.9 Å². The van der Waals surface area contributed by atoms with Gasteiger partial charge in [-0.05, 0) is 24.3 Å². The highest BCUT2D eigenvalue weighted by atomic mass is 35.5. The summed E-state index contributed by atoms with van der Waals surface area (Å²) < 4.78 is 43.5. The Balaban J connectivity index is 1.73. The Kier molecular flexibility index (Phi) is 6.03. The van der Waals surface area contributed by atoms with Gasteiger partial charge in [-0.1, -0.05) is 42.8 Å². The van der Waals surface area contributed by atoms with E-state index in [2.05, 4.69) is 20.5 Å². The minimum atomic E-state index is -4.84. The molecule has 0 aliphatic carbocycles. The number of hydrogen-bond donors (Lipinski definition) is 2. The number of rotatable bonds is 5. The van der Waals surface area contributed by atoms with Crippen LogP contribution in [0, 0.1) is 11.8 Å². The van der Waals surface area contributed by atoms with E-state index < -0.39 is 29.9 Å². The van der Waals surface area contributed by atoms with Crippen LogP contribution in [0.5, 0.6) is 5.75 Å². The fourth-order valence-electron chi connectivity index (χ4n) is 3.58. The number of carbonyl (C=O) groups excluding carboxylic acids is 2. The molecule has 7 nitrogen and oxygen atoms in total. The molecule has 2 aromatic carbocycles. The van der Waals surface area contributed by atoms with E-state index in [0.717, 1.165) is 0 Å². The molecule has 2 N–H and O–H groups in total. The average Bonchev–Trinajstić information content (AvgIpc) is 3.31. The molecule has 1 aromatic heterocycles. The highest BCUT2D eigenvalue weighted by Gasteiger charge is 2.36. The van der Waals surface area contributed by atoms with Crippen molar-refractivity contribution in [3.63, 3.8) is 0 Å². The van der Waals surface area contributed by atoms with Gasteiger partial charge in [-0.3, -0.25) is 9.59 Å². The number of ether oxygens (including phenoxy) is 1. The second-order valence-corrected chi connectivity index (χ2v) is 7.89. The van der Waals surface area contributed by atoms with Gasteiger partial charge in [-0.25, -0.2) is 4.68 Å². The van der Waals surface area contributed by atoms with Crippen molar-refractivity contribution in [1.29, 1.82) is 0 Å². The predicted molar refractivity (Wildman–Crippen MR) is 115 cm³/mol. The lowest BCUT2D eigenvalue weighted by atomic mass is 9.97. The van der Waals surface area contributed by atoms with E-state index in [-0.39, 0.29) is 18.3 Å². The third-order valence-electron chi connectivity index (χ3n) is 5.25. The van der Waals surface area contributed by atoms with Crippen LogP contribution in [-0.4, -0.2) is 34.5 Å². The van der Waals surface area contributed by atoms with E-state index in [1.807, 2.05) is 0 Å². The molecular weight excluding hydrogens is 461 g/mol. The van der Waals surface area contributed by atoms with Gasteiger partial charge in [-0.15, -0.1) is 18.3 Å². The zero-order valence-corrected chi connectivity index (χ0v) is 17.9. The standard InChI is InChI=1S/C22H18ClF3N4O3/c1-12-15(11-27-20(12)31)21(32)28-19-10-18(30(29-19)17-8-3-2-7-16(17)23)13-5-4-6-14(9-13)33-22(24,25)26/h2-10,12,15H,11H2,1H3,(H,27,31)(H,28,29,32)/t12-,15+/m1/s1. The second-order valence-electron chi connectivity index (χ2n) is 7.48.